The highest BCUT2D eigenvalue weighted by atomic mass is 32.2. The third-order valence-electron chi connectivity index (χ3n) is 4.82. The number of primary sulfonamides is 1. The summed E-state index contributed by atoms with van der Waals surface area (Å²) in [6.07, 6.45) is 0. The molecule has 0 aliphatic rings. The van der Waals surface area contributed by atoms with Crippen LogP contribution in [0.25, 0.3) is 22.4 Å². The molecule has 0 atom stereocenters. The molecule has 0 aliphatic heterocycles. The number of imidazole rings is 1. The Morgan fingerprint density at radius 3 is 2.18 bits per heavy atom. The van der Waals surface area contributed by atoms with Crippen LogP contribution in [0, 0.1) is 0 Å². The molecule has 0 unspecified atom stereocenters. The number of hydrogen-bond acceptors (Lipinski definition) is 4. The van der Waals surface area contributed by atoms with Crippen molar-refractivity contribution in [2.24, 2.45) is 5.14 Å². The fourth-order valence-electron chi connectivity index (χ4n) is 3.11. The minimum absolute atomic E-state index is 0.0123. The second kappa shape index (κ2) is 6.32. The third-order valence-corrected chi connectivity index (χ3v) is 5.73. The van der Waals surface area contributed by atoms with E-state index in [1.165, 1.54) is 12.1 Å². The number of phenols is 1. The molecule has 2 aromatic carbocycles. The van der Waals surface area contributed by atoms with Crippen LogP contribution < -0.4 is 5.14 Å². The Morgan fingerprint density at radius 2 is 1.64 bits per heavy atom. The number of fused-ring (bicyclic) bond motifs is 1. The molecule has 150 valence electrons. The van der Waals surface area contributed by atoms with Gasteiger partial charge in [0, 0.05) is 5.56 Å². The first-order valence-electron chi connectivity index (χ1n) is 9.09. The van der Waals surface area contributed by atoms with Gasteiger partial charge >= 0.3 is 0 Å². The van der Waals surface area contributed by atoms with Crippen molar-refractivity contribution >= 4 is 21.1 Å². The molecule has 3 rings (SSSR count). The van der Waals surface area contributed by atoms with Crippen molar-refractivity contribution in [1.82, 2.24) is 9.97 Å². The van der Waals surface area contributed by atoms with E-state index in [-0.39, 0.29) is 21.5 Å². The summed E-state index contributed by atoms with van der Waals surface area (Å²) >= 11 is 0. The largest absolute Gasteiger partial charge is 0.507 e. The number of nitrogens with zero attached hydrogens (tertiary/aromatic N) is 1. The van der Waals surface area contributed by atoms with Gasteiger partial charge in [0.1, 0.15) is 11.6 Å². The van der Waals surface area contributed by atoms with Crippen molar-refractivity contribution in [2.75, 3.05) is 0 Å². The van der Waals surface area contributed by atoms with E-state index < -0.39 is 10.0 Å². The lowest BCUT2D eigenvalue weighted by Gasteiger charge is -2.27. The minimum atomic E-state index is -3.81. The monoisotopic (exact) mass is 401 g/mol. The second-order valence-corrected chi connectivity index (χ2v) is 10.8. The van der Waals surface area contributed by atoms with Crippen molar-refractivity contribution in [3.05, 3.63) is 41.5 Å². The van der Waals surface area contributed by atoms with E-state index in [1.807, 2.05) is 12.1 Å². The summed E-state index contributed by atoms with van der Waals surface area (Å²) in [6.45, 7) is 12.5. The Morgan fingerprint density at radius 1 is 1.00 bits per heavy atom. The van der Waals surface area contributed by atoms with Gasteiger partial charge in [0.05, 0.1) is 21.5 Å². The quantitative estimate of drug-likeness (QED) is 0.598. The number of sulfonamides is 1. The minimum Gasteiger partial charge on any atom is -0.507 e. The van der Waals surface area contributed by atoms with Gasteiger partial charge in [-0.15, -0.1) is 0 Å². The second-order valence-electron chi connectivity index (χ2n) is 9.23. The number of aromatic nitrogens is 2. The molecule has 3 aromatic rings. The Bertz CT molecular complexity index is 1160. The number of aromatic amines is 1. The number of nitrogens with two attached hydrogens (primary N) is 1. The van der Waals surface area contributed by atoms with Crippen LogP contribution in [0.4, 0.5) is 0 Å². The number of aromatic hydroxyl groups is 1. The molecule has 0 saturated carbocycles. The van der Waals surface area contributed by atoms with Crippen LogP contribution in [-0.2, 0) is 20.9 Å². The lowest BCUT2D eigenvalue weighted by atomic mass is 9.79. The average molecular weight is 402 g/mol. The molecule has 0 fully saturated rings. The smallest absolute Gasteiger partial charge is 0.238 e. The first-order valence-corrected chi connectivity index (χ1v) is 10.6. The van der Waals surface area contributed by atoms with E-state index in [0.29, 0.717) is 22.4 Å². The highest BCUT2D eigenvalue weighted by Gasteiger charge is 2.26. The molecular weight excluding hydrogens is 374 g/mol. The standard InChI is InChI=1S/C21H27N3O3S/c1-20(2,3)12-9-14(18(25)15(10-12)21(4,5)6)19-23-16-8-7-13(28(22,26)27)11-17(16)24-19/h7-11,25H,1-6H3,(H,23,24)(H2,22,26,27). The lowest BCUT2D eigenvalue weighted by Crippen LogP contribution is -2.17. The Hall–Kier alpha value is -2.38. The number of H-pyrrole nitrogens is 1. The highest BCUT2D eigenvalue weighted by molar-refractivity contribution is 7.89. The van der Waals surface area contributed by atoms with Crippen molar-refractivity contribution in [2.45, 2.75) is 57.3 Å². The number of hydrogen-bond donors (Lipinski definition) is 3. The Labute approximate surface area is 165 Å². The maximum absolute atomic E-state index is 11.6. The first kappa shape index (κ1) is 20.4. The van der Waals surface area contributed by atoms with Crippen molar-refractivity contribution in [1.29, 1.82) is 0 Å². The molecule has 0 spiro atoms. The predicted molar refractivity (Wildman–Crippen MR) is 112 cm³/mol. The molecule has 0 radical (unpaired) electrons. The molecule has 4 N–H and O–H groups in total. The van der Waals surface area contributed by atoms with E-state index in [9.17, 15) is 13.5 Å². The number of benzene rings is 2. The van der Waals surface area contributed by atoms with Crippen LogP contribution in [0.3, 0.4) is 0 Å². The van der Waals surface area contributed by atoms with Crippen LogP contribution in [0.2, 0.25) is 0 Å². The van der Waals surface area contributed by atoms with Gasteiger partial charge in [-0.05, 0) is 40.7 Å². The Balaban J connectivity index is 2.28. The molecule has 28 heavy (non-hydrogen) atoms. The van der Waals surface area contributed by atoms with Gasteiger partial charge in [0.25, 0.3) is 0 Å². The van der Waals surface area contributed by atoms with E-state index in [4.69, 9.17) is 5.14 Å². The SMILES string of the molecule is CC(C)(C)c1cc(-c2nc3ccc(S(N)(=O)=O)cc3[nH]2)c(O)c(C(C)(C)C)c1. The molecule has 1 aromatic heterocycles. The van der Waals surface area contributed by atoms with Crippen LogP contribution in [0.15, 0.2) is 35.2 Å². The zero-order chi connectivity index (χ0) is 21.1. The molecule has 1 heterocycles. The number of rotatable bonds is 2. The summed E-state index contributed by atoms with van der Waals surface area (Å²) in [5.74, 6) is 0.655. The van der Waals surface area contributed by atoms with Crippen LogP contribution in [0.1, 0.15) is 52.7 Å². The van der Waals surface area contributed by atoms with E-state index >= 15 is 0 Å². The third kappa shape index (κ3) is 3.77. The van der Waals surface area contributed by atoms with Gasteiger partial charge in [-0.2, -0.15) is 0 Å². The van der Waals surface area contributed by atoms with Crippen LogP contribution in [-0.4, -0.2) is 23.5 Å². The lowest BCUT2D eigenvalue weighted by molar-refractivity contribution is 0.446. The van der Waals surface area contributed by atoms with Crippen molar-refractivity contribution in [3.63, 3.8) is 0 Å². The van der Waals surface area contributed by atoms with Crippen LogP contribution >= 0.6 is 0 Å². The van der Waals surface area contributed by atoms with Gasteiger partial charge in [-0.25, -0.2) is 18.5 Å². The molecule has 7 heteroatoms. The zero-order valence-corrected chi connectivity index (χ0v) is 17.9. The molecule has 0 bridgehead atoms. The fraction of sp³-hybridized carbons (Fsp3) is 0.381. The van der Waals surface area contributed by atoms with Gasteiger partial charge < -0.3 is 10.1 Å². The summed E-state index contributed by atoms with van der Waals surface area (Å²) < 4.78 is 23.2. The zero-order valence-electron chi connectivity index (χ0n) is 17.1. The van der Waals surface area contributed by atoms with E-state index in [2.05, 4.69) is 51.5 Å². The summed E-state index contributed by atoms with van der Waals surface area (Å²) in [5.41, 5.74) is 3.27. The molecule has 6 nitrogen and oxygen atoms in total. The molecule has 0 amide bonds. The topological polar surface area (TPSA) is 109 Å². The summed E-state index contributed by atoms with van der Waals surface area (Å²) in [5, 5.41) is 16.2. The first-order chi connectivity index (χ1) is 12.7. The maximum atomic E-state index is 11.6. The van der Waals surface area contributed by atoms with Crippen LogP contribution in [0.5, 0.6) is 5.75 Å². The Kier molecular flexibility index (Phi) is 4.59. The van der Waals surface area contributed by atoms with E-state index in [0.717, 1.165) is 11.1 Å². The van der Waals surface area contributed by atoms with Gasteiger partial charge in [-0.3, -0.25) is 0 Å². The molecule has 0 aliphatic carbocycles. The summed E-state index contributed by atoms with van der Waals surface area (Å²) in [6, 6.07) is 8.46. The normalized spacial score (nSPS) is 13.2. The van der Waals surface area contributed by atoms with Gasteiger partial charge in [0.2, 0.25) is 10.0 Å². The number of phenolic OH excluding ortho intramolecular Hbond substituents is 1. The maximum Gasteiger partial charge on any atom is 0.238 e. The average Bonchev–Trinajstić information content (AvgIpc) is 2.94. The summed E-state index contributed by atoms with van der Waals surface area (Å²) in [7, 11) is -3.81. The molecular formula is C21H27N3O3S. The molecule has 0 saturated heterocycles. The van der Waals surface area contributed by atoms with Gasteiger partial charge in [-0.1, -0.05) is 47.6 Å². The summed E-state index contributed by atoms with van der Waals surface area (Å²) in [4.78, 5) is 7.71. The highest BCUT2D eigenvalue weighted by Crippen LogP contribution is 2.41. The van der Waals surface area contributed by atoms with Gasteiger partial charge in [0.15, 0.2) is 0 Å². The fourth-order valence-corrected chi connectivity index (χ4v) is 3.65. The van der Waals surface area contributed by atoms with Crippen molar-refractivity contribution in [3.8, 4) is 17.1 Å². The van der Waals surface area contributed by atoms with E-state index in [1.54, 1.807) is 6.07 Å². The predicted octanol–water partition coefficient (Wildman–Crippen LogP) is 4.18. The van der Waals surface area contributed by atoms with Crippen molar-refractivity contribution < 1.29 is 13.5 Å². The number of nitrogens with one attached hydrogen (secondary N) is 1.